The molecule has 1 N–H and O–H groups in total. The fourth-order valence-electron chi connectivity index (χ4n) is 3.52. The van der Waals surface area contributed by atoms with Crippen LogP contribution in [0.25, 0.3) is 0 Å². The summed E-state index contributed by atoms with van der Waals surface area (Å²) >= 11 is 0. The molecule has 1 aliphatic rings. The molecule has 0 radical (unpaired) electrons. The highest BCUT2D eigenvalue weighted by atomic mass is 16.7. The van der Waals surface area contributed by atoms with Gasteiger partial charge < -0.3 is 14.8 Å². The molecule has 0 aromatic heterocycles. The van der Waals surface area contributed by atoms with Crippen LogP contribution in [0, 0.1) is 10.8 Å². The Morgan fingerprint density at radius 2 is 1.53 bits per heavy atom. The summed E-state index contributed by atoms with van der Waals surface area (Å²) in [7, 11) is 3.37. The van der Waals surface area contributed by atoms with E-state index in [1.54, 1.807) is 14.2 Å². The van der Waals surface area contributed by atoms with Gasteiger partial charge in [-0.05, 0) is 30.1 Å². The van der Waals surface area contributed by atoms with Crippen LogP contribution in [0.4, 0.5) is 0 Å². The molecule has 0 heterocycles. The zero-order valence-corrected chi connectivity index (χ0v) is 12.3. The number of methoxy groups -OCH3 is 2. The van der Waals surface area contributed by atoms with Crippen molar-refractivity contribution in [3.8, 4) is 0 Å². The summed E-state index contributed by atoms with van der Waals surface area (Å²) in [4.78, 5) is 0. The Labute approximate surface area is 106 Å². The van der Waals surface area contributed by atoms with Gasteiger partial charge in [-0.15, -0.1) is 0 Å². The Morgan fingerprint density at radius 1 is 1.06 bits per heavy atom. The Hall–Kier alpha value is -0.120. The third-order valence-corrected chi connectivity index (χ3v) is 3.65. The monoisotopic (exact) mass is 243 g/mol. The summed E-state index contributed by atoms with van der Waals surface area (Å²) in [6, 6.07) is 0.571. The second kappa shape index (κ2) is 5.68. The van der Waals surface area contributed by atoms with E-state index in [-0.39, 0.29) is 6.29 Å². The Bertz CT molecular complexity index is 218. The van der Waals surface area contributed by atoms with Crippen LogP contribution < -0.4 is 5.32 Å². The predicted molar refractivity (Wildman–Crippen MR) is 71.0 cm³/mol. The molecule has 3 nitrogen and oxygen atoms in total. The maximum absolute atomic E-state index is 5.21. The van der Waals surface area contributed by atoms with Crippen LogP contribution in [0.2, 0.25) is 0 Å². The van der Waals surface area contributed by atoms with Gasteiger partial charge in [-0.3, -0.25) is 0 Å². The van der Waals surface area contributed by atoms with Crippen molar-refractivity contribution < 1.29 is 9.47 Å². The fraction of sp³-hybridized carbons (Fsp3) is 1.00. The van der Waals surface area contributed by atoms with Crippen molar-refractivity contribution in [2.75, 3.05) is 20.8 Å². The molecule has 0 aromatic carbocycles. The largest absolute Gasteiger partial charge is 0.355 e. The van der Waals surface area contributed by atoms with Crippen molar-refractivity contribution in [1.29, 1.82) is 0 Å². The quantitative estimate of drug-likeness (QED) is 0.753. The highest BCUT2D eigenvalue weighted by molar-refractivity contribution is 4.92. The van der Waals surface area contributed by atoms with E-state index >= 15 is 0 Å². The molecular weight excluding hydrogens is 214 g/mol. The molecule has 102 valence electrons. The minimum Gasteiger partial charge on any atom is -0.355 e. The van der Waals surface area contributed by atoms with Crippen molar-refractivity contribution in [1.82, 2.24) is 5.32 Å². The van der Waals surface area contributed by atoms with Crippen LogP contribution in [0.3, 0.4) is 0 Å². The maximum Gasteiger partial charge on any atom is 0.169 e. The van der Waals surface area contributed by atoms with Crippen molar-refractivity contribution in [3.63, 3.8) is 0 Å². The molecule has 1 fully saturated rings. The van der Waals surface area contributed by atoms with E-state index in [4.69, 9.17) is 9.47 Å². The molecular formula is C14H29NO2. The minimum atomic E-state index is -0.136. The third kappa shape index (κ3) is 4.94. The minimum absolute atomic E-state index is 0.136. The van der Waals surface area contributed by atoms with Crippen molar-refractivity contribution >= 4 is 0 Å². The van der Waals surface area contributed by atoms with E-state index < -0.39 is 0 Å². The summed E-state index contributed by atoms with van der Waals surface area (Å²) in [5.41, 5.74) is 0.851. The van der Waals surface area contributed by atoms with Gasteiger partial charge in [-0.1, -0.05) is 27.7 Å². The predicted octanol–water partition coefficient (Wildman–Crippen LogP) is 2.80. The highest BCUT2D eigenvalue weighted by Crippen LogP contribution is 2.45. The lowest BCUT2D eigenvalue weighted by Crippen LogP contribution is -2.46. The number of hydrogen-bond acceptors (Lipinski definition) is 3. The molecule has 0 bridgehead atoms. The molecule has 0 aromatic rings. The second-order valence-electron chi connectivity index (χ2n) is 6.92. The van der Waals surface area contributed by atoms with Crippen molar-refractivity contribution in [2.45, 2.75) is 59.3 Å². The molecule has 0 amide bonds. The lowest BCUT2D eigenvalue weighted by atomic mass is 9.63. The van der Waals surface area contributed by atoms with Gasteiger partial charge >= 0.3 is 0 Å². The molecule has 1 saturated carbocycles. The van der Waals surface area contributed by atoms with Crippen molar-refractivity contribution in [2.24, 2.45) is 10.8 Å². The van der Waals surface area contributed by atoms with E-state index in [1.807, 2.05) is 0 Å². The van der Waals surface area contributed by atoms with E-state index in [1.165, 1.54) is 19.3 Å². The van der Waals surface area contributed by atoms with Crippen LogP contribution >= 0.6 is 0 Å². The molecule has 1 rings (SSSR count). The van der Waals surface area contributed by atoms with Gasteiger partial charge in [0.05, 0.1) is 0 Å². The smallest absolute Gasteiger partial charge is 0.169 e. The van der Waals surface area contributed by atoms with Crippen LogP contribution in [0.15, 0.2) is 0 Å². The average Bonchev–Trinajstić information content (AvgIpc) is 2.14. The van der Waals surface area contributed by atoms with E-state index in [9.17, 15) is 0 Å². The number of ether oxygens (including phenoxy) is 2. The Balaban J connectivity index is 2.48. The van der Waals surface area contributed by atoms with E-state index in [0.29, 0.717) is 16.9 Å². The first-order valence-electron chi connectivity index (χ1n) is 6.57. The molecule has 17 heavy (non-hydrogen) atoms. The van der Waals surface area contributed by atoms with Crippen LogP contribution in [-0.2, 0) is 9.47 Å². The summed E-state index contributed by atoms with van der Waals surface area (Å²) in [5, 5.41) is 3.58. The SMILES string of the molecule is COC(CNC1CC(C)(C)CC(C)(C)C1)OC. The third-order valence-electron chi connectivity index (χ3n) is 3.65. The molecule has 0 spiro atoms. The topological polar surface area (TPSA) is 30.5 Å². The number of nitrogens with one attached hydrogen (secondary N) is 1. The molecule has 0 unspecified atom stereocenters. The van der Waals surface area contributed by atoms with Gasteiger partial charge in [-0.2, -0.15) is 0 Å². The first-order chi connectivity index (χ1) is 7.78. The number of rotatable bonds is 5. The number of hydrogen-bond donors (Lipinski definition) is 1. The van der Waals surface area contributed by atoms with Gasteiger partial charge in [0.15, 0.2) is 6.29 Å². The van der Waals surface area contributed by atoms with E-state index in [2.05, 4.69) is 33.0 Å². The molecule has 0 saturated heterocycles. The molecule has 0 aliphatic heterocycles. The fourth-order valence-corrected chi connectivity index (χ4v) is 3.52. The van der Waals surface area contributed by atoms with E-state index in [0.717, 1.165) is 6.54 Å². The normalized spacial score (nSPS) is 24.2. The first kappa shape index (κ1) is 14.9. The lowest BCUT2D eigenvalue weighted by molar-refractivity contribution is -0.102. The zero-order valence-electron chi connectivity index (χ0n) is 12.3. The van der Waals surface area contributed by atoms with Crippen LogP contribution in [0.5, 0.6) is 0 Å². The van der Waals surface area contributed by atoms with Crippen LogP contribution in [0.1, 0.15) is 47.0 Å². The summed E-state index contributed by atoms with van der Waals surface area (Å²) in [6.07, 6.45) is 3.63. The summed E-state index contributed by atoms with van der Waals surface area (Å²) < 4.78 is 10.4. The van der Waals surface area contributed by atoms with Crippen molar-refractivity contribution in [3.05, 3.63) is 0 Å². The second-order valence-corrected chi connectivity index (χ2v) is 6.92. The Morgan fingerprint density at radius 3 is 1.94 bits per heavy atom. The molecule has 3 heteroatoms. The molecule has 0 atom stereocenters. The summed E-state index contributed by atoms with van der Waals surface area (Å²) in [5.74, 6) is 0. The summed E-state index contributed by atoms with van der Waals surface area (Å²) in [6.45, 7) is 10.2. The average molecular weight is 243 g/mol. The first-order valence-corrected chi connectivity index (χ1v) is 6.57. The van der Waals surface area contributed by atoms with Gasteiger partial charge in [0.2, 0.25) is 0 Å². The molecule has 1 aliphatic carbocycles. The highest BCUT2D eigenvalue weighted by Gasteiger charge is 2.38. The van der Waals surface area contributed by atoms with Gasteiger partial charge in [0, 0.05) is 26.8 Å². The maximum atomic E-state index is 5.21. The zero-order chi connectivity index (χ0) is 13.1. The van der Waals surface area contributed by atoms with Gasteiger partial charge in [-0.25, -0.2) is 0 Å². The van der Waals surface area contributed by atoms with Crippen LogP contribution in [-0.4, -0.2) is 33.1 Å². The lowest BCUT2D eigenvalue weighted by Gasteiger charge is -2.45. The standard InChI is InChI=1S/C14H29NO2/c1-13(2)7-11(8-14(3,4)10-13)15-9-12(16-5)17-6/h11-12,15H,7-10H2,1-6H3. The Kier molecular flexibility index (Phi) is 4.99. The van der Waals surface area contributed by atoms with Gasteiger partial charge in [0.1, 0.15) is 0 Å². The van der Waals surface area contributed by atoms with Gasteiger partial charge in [0.25, 0.3) is 0 Å².